The number of fused-ring (bicyclic) bond motifs is 1. The molecule has 1 aromatic heterocycles. The van der Waals surface area contributed by atoms with Gasteiger partial charge in [0.25, 0.3) is 5.91 Å². The summed E-state index contributed by atoms with van der Waals surface area (Å²) in [6, 6.07) is 10.8. The van der Waals surface area contributed by atoms with Crippen molar-refractivity contribution in [2.24, 2.45) is 0 Å². The number of nitrogens with one attached hydrogen (secondary N) is 2. The Morgan fingerprint density at radius 3 is 2.50 bits per heavy atom. The average Bonchev–Trinajstić information content (AvgIpc) is 3.12. The summed E-state index contributed by atoms with van der Waals surface area (Å²) in [6.45, 7) is 2.53. The van der Waals surface area contributed by atoms with Crippen LogP contribution in [0.2, 0.25) is 0 Å². The van der Waals surface area contributed by atoms with Gasteiger partial charge >= 0.3 is 0 Å². The van der Waals surface area contributed by atoms with Gasteiger partial charge in [-0.15, -0.1) is 0 Å². The summed E-state index contributed by atoms with van der Waals surface area (Å²) in [5.74, 6) is -0.623. The third kappa shape index (κ3) is 4.73. The van der Waals surface area contributed by atoms with Gasteiger partial charge in [-0.05, 0) is 37.3 Å². The number of hydrogen-bond donors (Lipinski definition) is 3. The molecule has 3 N–H and O–H groups in total. The van der Waals surface area contributed by atoms with E-state index in [4.69, 9.17) is 0 Å². The van der Waals surface area contributed by atoms with Crippen LogP contribution in [0.3, 0.4) is 0 Å². The first kappa shape index (κ1) is 23.2. The maximum Gasteiger partial charge on any atom is 0.273 e. The van der Waals surface area contributed by atoms with Crippen molar-refractivity contribution in [1.29, 1.82) is 0 Å². The molecule has 0 unspecified atom stereocenters. The van der Waals surface area contributed by atoms with Gasteiger partial charge in [-0.1, -0.05) is 12.1 Å². The second-order valence-electron chi connectivity index (χ2n) is 7.23. The zero-order chi connectivity index (χ0) is 23.5. The van der Waals surface area contributed by atoms with Crippen LogP contribution in [0, 0.1) is 0 Å². The summed E-state index contributed by atoms with van der Waals surface area (Å²) in [5, 5.41) is 9.70. The number of amides is 2. The van der Waals surface area contributed by atoms with Crippen LogP contribution >= 0.6 is 0 Å². The zero-order valence-electron chi connectivity index (χ0n) is 18.0. The van der Waals surface area contributed by atoms with Gasteiger partial charge in [-0.2, -0.15) is 0 Å². The van der Waals surface area contributed by atoms with E-state index in [9.17, 15) is 23.1 Å². The first-order valence-corrected chi connectivity index (χ1v) is 11.4. The zero-order valence-corrected chi connectivity index (χ0v) is 18.8. The number of sulfonamides is 1. The molecule has 0 aliphatic carbocycles. The largest absolute Gasteiger partial charge is 0.507 e. The van der Waals surface area contributed by atoms with Gasteiger partial charge in [-0.25, -0.2) is 17.7 Å². The highest BCUT2D eigenvalue weighted by molar-refractivity contribution is 7.89. The highest BCUT2D eigenvalue weighted by atomic mass is 32.2. The molecule has 32 heavy (non-hydrogen) atoms. The molecule has 0 aliphatic heterocycles. The maximum atomic E-state index is 12.4. The van der Waals surface area contributed by atoms with E-state index < -0.39 is 21.8 Å². The summed E-state index contributed by atoms with van der Waals surface area (Å²) < 4.78 is 27.8. The number of rotatable bonds is 7. The Balaban J connectivity index is 1.69. The van der Waals surface area contributed by atoms with E-state index >= 15 is 0 Å². The fourth-order valence-corrected chi connectivity index (χ4v) is 4.14. The lowest BCUT2D eigenvalue weighted by molar-refractivity contribution is -0.121. The van der Waals surface area contributed by atoms with E-state index in [2.05, 4.69) is 15.8 Å². The molecule has 0 spiro atoms. The van der Waals surface area contributed by atoms with E-state index in [1.165, 1.54) is 38.4 Å². The number of nitrogens with zero attached hydrogens (tertiary/aromatic N) is 3. The fourth-order valence-electron chi connectivity index (χ4n) is 3.22. The molecule has 0 aliphatic rings. The van der Waals surface area contributed by atoms with Crippen molar-refractivity contribution in [3.05, 3.63) is 53.9 Å². The lowest BCUT2D eigenvalue weighted by Gasteiger charge is -2.11. The molecule has 0 saturated carbocycles. The molecule has 2 amide bonds. The van der Waals surface area contributed by atoms with Gasteiger partial charge in [0.1, 0.15) is 11.6 Å². The number of hydrogen-bond acceptors (Lipinski definition) is 6. The summed E-state index contributed by atoms with van der Waals surface area (Å²) in [4.78, 5) is 28.9. The van der Waals surface area contributed by atoms with Crippen molar-refractivity contribution in [2.45, 2.75) is 31.2 Å². The molecule has 0 bridgehead atoms. The molecule has 0 fully saturated rings. The second kappa shape index (κ2) is 9.37. The van der Waals surface area contributed by atoms with Crippen LogP contribution in [-0.4, -0.2) is 53.3 Å². The van der Waals surface area contributed by atoms with E-state index in [1.54, 1.807) is 18.2 Å². The normalized spacial score (nSPS) is 11.6. The van der Waals surface area contributed by atoms with Crippen LogP contribution in [0.25, 0.3) is 11.0 Å². The van der Waals surface area contributed by atoms with Gasteiger partial charge in [0, 0.05) is 33.5 Å². The summed E-state index contributed by atoms with van der Waals surface area (Å²) in [5.41, 5.74) is 5.93. The molecule has 0 atom stereocenters. The average molecular weight is 460 g/mol. The van der Waals surface area contributed by atoms with Gasteiger partial charge in [0.2, 0.25) is 15.9 Å². The smallest absolute Gasteiger partial charge is 0.273 e. The monoisotopic (exact) mass is 459 g/mol. The fraction of sp³-hybridized carbons (Fsp3) is 0.286. The molecule has 11 heteroatoms. The van der Waals surface area contributed by atoms with E-state index in [0.717, 1.165) is 9.82 Å². The molecule has 2 aromatic carbocycles. The van der Waals surface area contributed by atoms with Crippen molar-refractivity contribution in [1.82, 2.24) is 24.7 Å². The Bertz CT molecular complexity index is 1270. The SMILES string of the molecule is CCn1c(CCC(=O)NNC(=O)c2ccccc2O)nc2cc(S(=O)(=O)N(C)C)ccc21. The van der Waals surface area contributed by atoms with E-state index in [-0.39, 0.29) is 29.1 Å². The number of para-hydroxylation sites is 1. The number of carbonyl (C=O) groups is 2. The summed E-state index contributed by atoms with van der Waals surface area (Å²) >= 11 is 0. The van der Waals surface area contributed by atoms with Crippen molar-refractivity contribution < 1.29 is 23.1 Å². The second-order valence-corrected chi connectivity index (χ2v) is 9.38. The number of benzene rings is 2. The van der Waals surface area contributed by atoms with Crippen molar-refractivity contribution in [3.63, 3.8) is 0 Å². The number of phenolic OH excluding ortho intramolecular Hbond substituents is 1. The molecular weight excluding hydrogens is 434 g/mol. The number of phenols is 1. The number of hydrazine groups is 1. The number of aromatic nitrogens is 2. The maximum absolute atomic E-state index is 12.4. The van der Waals surface area contributed by atoms with Crippen molar-refractivity contribution in [2.75, 3.05) is 14.1 Å². The van der Waals surface area contributed by atoms with Crippen LogP contribution in [0.5, 0.6) is 5.75 Å². The predicted molar refractivity (Wildman–Crippen MR) is 118 cm³/mol. The van der Waals surface area contributed by atoms with Crippen LogP contribution in [0.1, 0.15) is 29.5 Å². The molecule has 0 saturated heterocycles. The third-order valence-corrected chi connectivity index (χ3v) is 6.74. The molecule has 3 aromatic rings. The summed E-state index contributed by atoms with van der Waals surface area (Å²) in [6.07, 6.45) is 0.337. The third-order valence-electron chi connectivity index (χ3n) is 4.93. The van der Waals surface area contributed by atoms with Crippen molar-refractivity contribution >= 4 is 32.9 Å². The predicted octanol–water partition coefficient (Wildman–Crippen LogP) is 1.41. The first-order chi connectivity index (χ1) is 15.1. The van der Waals surface area contributed by atoms with Crippen LogP contribution in [-0.2, 0) is 27.8 Å². The highest BCUT2D eigenvalue weighted by Gasteiger charge is 2.20. The summed E-state index contributed by atoms with van der Waals surface area (Å²) in [7, 11) is -0.655. The van der Waals surface area contributed by atoms with Gasteiger partial charge in [-0.3, -0.25) is 20.4 Å². The first-order valence-electron chi connectivity index (χ1n) is 9.94. The Hall–Kier alpha value is -3.44. The van der Waals surface area contributed by atoms with Crippen LogP contribution < -0.4 is 10.9 Å². The lowest BCUT2D eigenvalue weighted by Crippen LogP contribution is -2.41. The number of imidazole rings is 1. The quantitative estimate of drug-likeness (QED) is 0.458. The Labute approximate surface area is 185 Å². The number of aryl methyl sites for hydroxylation is 2. The molecule has 3 rings (SSSR count). The van der Waals surface area contributed by atoms with Crippen LogP contribution in [0.15, 0.2) is 47.4 Å². The molecule has 10 nitrogen and oxygen atoms in total. The van der Waals surface area contributed by atoms with Gasteiger partial charge in [0.05, 0.1) is 21.5 Å². The molecular formula is C21H25N5O5S. The van der Waals surface area contributed by atoms with E-state index in [1.807, 2.05) is 11.5 Å². The number of carbonyl (C=O) groups excluding carboxylic acids is 2. The Kier molecular flexibility index (Phi) is 6.80. The van der Waals surface area contributed by atoms with Crippen LogP contribution in [0.4, 0.5) is 0 Å². The standard InChI is InChI=1S/C21H25N5O5S/c1-4-26-17-10-9-14(32(30,31)25(2)3)13-16(17)22-19(26)11-12-20(28)23-24-21(29)15-7-5-6-8-18(15)27/h5-10,13,27H,4,11-12H2,1-3H3,(H,23,28)(H,24,29). The van der Waals surface area contributed by atoms with Gasteiger partial charge < -0.3 is 9.67 Å². The molecule has 0 radical (unpaired) electrons. The highest BCUT2D eigenvalue weighted by Crippen LogP contribution is 2.22. The minimum absolute atomic E-state index is 0.0454. The van der Waals surface area contributed by atoms with Gasteiger partial charge in [0.15, 0.2) is 0 Å². The minimum Gasteiger partial charge on any atom is -0.507 e. The van der Waals surface area contributed by atoms with Crippen molar-refractivity contribution in [3.8, 4) is 5.75 Å². The Morgan fingerprint density at radius 1 is 1.12 bits per heavy atom. The number of aromatic hydroxyl groups is 1. The Morgan fingerprint density at radius 2 is 1.84 bits per heavy atom. The van der Waals surface area contributed by atoms with E-state index in [0.29, 0.717) is 17.9 Å². The lowest BCUT2D eigenvalue weighted by atomic mass is 10.2. The molecule has 170 valence electrons. The molecule has 1 heterocycles. The minimum atomic E-state index is -3.58. The topological polar surface area (TPSA) is 134 Å².